The van der Waals surface area contributed by atoms with Crippen molar-refractivity contribution in [1.82, 2.24) is 9.80 Å². The zero-order valence-corrected chi connectivity index (χ0v) is 17.4. The highest BCUT2D eigenvalue weighted by Crippen LogP contribution is 2.15. The van der Waals surface area contributed by atoms with Crippen LogP contribution in [0.5, 0.6) is 0 Å². The first-order valence-electron chi connectivity index (χ1n) is 8.89. The number of aliphatic hydroxyl groups excluding tert-OH is 2. The second-order valence-corrected chi connectivity index (χ2v) is 8.24. The van der Waals surface area contributed by atoms with Gasteiger partial charge in [-0.05, 0) is 41.5 Å². The van der Waals surface area contributed by atoms with E-state index in [0.717, 1.165) is 4.90 Å². The Balaban J connectivity index is 0.000000521. The number of β-amino-alcohol motifs (C(OH)–C–C–N with tert-alkyl or cyclic N) is 2. The van der Waals surface area contributed by atoms with E-state index in [2.05, 4.69) is 0 Å². The molecule has 0 spiro atoms. The Bertz CT molecular complexity index is 519. The SMILES string of the molecule is CC(C)(C)OC(=O)N(CC=O)CC=O.CC(C)(C)OC(=O)N1CC(O)C(O)C1. The van der Waals surface area contributed by atoms with Crippen molar-refractivity contribution in [3.05, 3.63) is 0 Å². The summed E-state index contributed by atoms with van der Waals surface area (Å²) in [6.45, 7) is 10.5. The molecule has 2 amide bonds. The summed E-state index contributed by atoms with van der Waals surface area (Å²) >= 11 is 0. The quantitative estimate of drug-likeness (QED) is 0.650. The van der Waals surface area contributed by atoms with E-state index in [0.29, 0.717) is 12.6 Å². The number of likely N-dealkylation sites (tertiary alicyclic amines) is 1. The van der Waals surface area contributed by atoms with Crippen LogP contribution in [0.25, 0.3) is 0 Å². The van der Waals surface area contributed by atoms with E-state index in [-0.39, 0.29) is 26.2 Å². The van der Waals surface area contributed by atoms with Gasteiger partial charge in [-0.15, -0.1) is 0 Å². The van der Waals surface area contributed by atoms with Crippen LogP contribution in [0.3, 0.4) is 0 Å². The maximum Gasteiger partial charge on any atom is 0.411 e. The number of nitrogens with zero attached hydrogens (tertiary/aromatic N) is 2. The van der Waals surface area contributed by atoms with E-state index in [1.807, 2.05) is 0 Å². The predicted molar refractivity (Wildman–Crippen MR) is 99.8 cm³/mol. The van der Waals surface area contributed by atoms with Gasteiger partial charge in [0.25, 0.3) is 0 Å². The molecule has 1 aliphatic heterocycles. The summed E-state index contributed by atoms with van der Waals surface area (Å²) in [4.78, 5) is 45.5. The third-order valence-corrected chi connectivity index (χ3v) is 3.15. The molecule has 0 bridgehead atoms. The molecule has 0 aromatic rings. The van der Waals surface area contributed by atoms with E-state index < -0.39 is 35.6 Å². The van der Waals surface area contributed by atoms with Crippen molar-refractivity contribution in [2.24, 2.45) is 0 Å². The molecule has 1 rings (SSSR count). The van der Waals surface area contributed by atoms with Crippen LogP contribution in [-0.2, 0) is 19.1 Å². The first kappa shape index (κ1) is 25.8. The lowest BCUT2D eigenvalue weighted by Crippen LogP contribution is -2.38. The summed E-state index contributed by atoms with van der Waals surface area (Å²) in [5.74, 6) is 0. The summed E-state index contributed by atoms with van der Waals surface area (Å²) < 4.78 is 10.1. The van der Waals surface area contributed by atoms with E-state index in [9.17, 15) is 29.4 Å². The fraction of sp³-hybridized carbons (Fsp3) is 0.778. The summed E-state index contributed by atoms with van der Waals surface area (Å²) in [6.07, 6.45) is -1.77. The fourth-order valence-corrected chi connectivity index (χ4v) is 1.98. The van der Waals surface area contributed by atoms with Gasteiger partial charge in [0.15, 0.2) is 0 Å². The smallest absolute Gasteiger partial charge is 0.411 e. The van der Waals surface area contributed by atoms with Gasteiger partial charge in [0.1, 0.15) is 23.8 Å². The maximum absolute atomic E-state index is 11.4. The molecule has 0 radical (unpaired) electrons. The van der Waals surface area contributed by atoms with Gasteiger partial charge in [-0.2, -0.15) is 0 Å². The molecular weight excluding hydrogens is 372 g/mol. The predicted octanol–water partition coefficient (Wildman–Crippen LogP) is 0.580. The molecule has 10 heteroatoms. The minimum Gasteiger partial charge on any atom is -0.444 e. The van der Waals surface area contributed by atoms with Crippen LogP contribution in [0, 0.1) is 0 Å². The van der Waals surface area contributed by atoms with Crippen molar-refractivity contribution in [2.75, 3.05) is 26.2 Å². The highest BCUT2D eigenvalue weighted by Gasteiger charge is 2.34. The van der Waals surface area contributed by atoms with Crippen molar-refractivity contribution >= 4 is 24.8 Å². The second-order valence-electron chi connectivity index (χ2n) is 8.24. The first-order chi connectivity index (χ1) is 12.7. The molecule has 1 saturated heterocycles. The molecule has 2 N–H and O–H groups in total. The van der Waals surface area contributed by atoms with Gasteiger partial charge >= 0.3 is 12.2 Å². The van der Waals surface area contributed by atoms with Crippen LogP contribution in [0.4, 0.5) is 9.59 Å². The molecule has 0 saturated carbocycles. The number of aldehydes is 2. The lowest BCUT2D eigenvalue weighted by molar-refractivity contribution is -0.111. The van der Waals surface area contributed by atoms with Gasteiger partial charge in [0.2, 0.25) is 0 Å². The molecule has 0 aromatic carbocycles. The molecule has 1 heterocycles. The van der Waals surface area contributed by atoms with Gasteiger partial charge in [-0.25, -0.2) is 9.59 Å². The topological polar surface area (TPSA) is 134 Å². The molecular formula is C18H32N2O8. The molecule has 28 heavy (non-hydrogen) atoms. The van der Waals surface area contributed by atoms with E-state index in [1.54, 1.807) is 41.5 Å². The van der Waals surface area contributed by atoms with Gasteiger partial charge in [-0.1, -0.05) is 0 Å². The Kier molecular flexibility index (Phi) is 10.1. The average Bonchev–Trinajstić information content (AvgIpc) is 2.84. The lowest BCUT2D eigenvalue weighted by Gasteiger charge is -2.24. The molecule has 2 unspecified atom stereocenters. The normalized spacial score (nSPS) is 19.2. The largest absolute Gasteiger partial charge is 0.444 e. The van der Waals surface area contributed by atoms with Gasteiger partial charge < -0.3 is 34.2 Å². The van der Waals surface area contributed by atoms with Crippen molar-refractivity contribution in [3.63, 3.8) is 0 Å². The van der Waals surface area contributed by atoms with E-state index >= 15 is 0 Å². The molecule has 1 fully saturated rings. The number of rotatable bonds is 4. The third kappa shape index (κ3) is 10.8. The van der Waals surface area contributed by atoms with E-state index in [4.69, 9.17) is 9.47 Å². The highest BCUT2D eigenvalue weighted by molar-refractivity contribution is 5.74. The zero-order valence-electron chi connectivity index (χ0n) is 17.4. The van der Waals surface area contributed by atoms with Crippen LogP contribution in [0.1, 0.15) is 41.5 Å². The molecule has 162 valence electrons. The Morgan fingerprint density at radius 1 is 0.929 bits per heavy atom. The number of carbonyl (C=O) groups is 4. The summed E-state index contributed by atoms with van der Waals surface area (Å²) in [6, 6.07) is 0. The number of amides is 2. The lowest BCUT2D eigenvalue weighted by atomic mass is 10.2. The average molecular weight is 404 g/mol. The van der Waals surface area contributed by atoms with Crippen LogP contribution in [0.15, 0.2) is 0 Å². The fourth-order valence-electron chi connectivity index (χ4n) is 1.98. The molecule has 10 nitrogen and oxygen atoms in total. The van der Waals surface area contributed by atoms with Gasteiger partial charge in [0, 0.05) is 0 Å². The molecule has 0 aromatic heterocycles. The van der Waals surface area contributed by atoms with Crippen LogP contribution in [-0.4, -0.2) is 94.4 Å². The summed E-state index contributed by atoms with van der Waals surface area (Å²) in [5, 5.41) is 18.4. The number of hydrogen-bond acceptors (Lipinski definition) is 8. The first-order valence-corrected chi connectivity index (χ1v) is 8.89. The standard InChI is InChI=1S/C9H17NO4.C9H15NO4/c1-9(2,3)14-8(13)10-4-6(11)7(12)5-10;1-9(2,3)14-8(13)10(4-6-11)5-7-12/h6-7,11-12H,4-5H2,1-3H3;6-7H,4-5H2,1-3H3. The van der Waals surface area contributed by atoms with Crippen molar-refractivity contribution in [1.29, 1.82) is 0 Å². The zero-order chi connectivity index (χ0) is 22.1. The van der Waals surface area contributed by atoms with Gasteiger partial charge in [-0.3, -0.25) is 4.90 Å². The minimum absolute atomic E-state index is 0.131. The third-order valence-electron chi connectivity index (χ3n) is 3.15. The summed E-state index contributed by atoms with van der Waals surface area (Å²) in [7, 11) is 0. The van der Waals surface area contributed by atoms with Crippen LogP contribution in [0.2, 0.25) is 0 Å². The number of carbonyl (C=O) groups excluding carboxylic acids is 4. The van der Waals surface area contributed by atoms with E-state index in [1.165, 1.54) is 4.90 Å². The number of aliphatic hydroxyl groups is 2. The van der Waals surface area contributed by atoms with Crippen molar-refractivity contribution in [3.8, 4) is 0 Å². The number of ether oxygens (including phenoxy) is 2. The highest BCUT2D eigenvalue weighted by atomic mass is 16.6. The van der Waals surface area contributed by atoms with Crippen molar-refractivity contribution in [2.45, 2.75) is 65.0 Å². The van der Waals surface area contributed by atoms with Crippen LogP contribution >= 0.6 is 0 Å². The Morgan fingerprint density at radius 3 is 1.64 bits per heavy atom. The van der Waals surface area contributed by atoms with Gasteiger partial charge in [0.05, 0.1) is 38.4 Å². The second kappa shape index (κ2) is 11.0. The van der Waals surface area contributed by atoms with Crippen LogP contribution < -0.4 is 0 Å². The Labute approximate surface area is 165 Å². The number of hydrogen-bond donors (Lipinski definition) is 2. The minimum atomic E-state index is -0.859. The maximum atomic E-state index is 11.4. The Hall–Kier alpha value is -2.20. The molecule has 1 aliphatic rings. The molecule has 0 aliphatic carbocycles. The summed E-state index contributed by atoms with van der Waals surface area (Å²) in [5.41, 5.74) is -1.17. The van der Waals surface area contributed by atoms with Crippen molar-refractivity contribution < 1.29 is 38.9 Å². The Morgan fingerprint density at radius 2 is 1.32 bits per heavy atom. The molecule has 2 atom stereocenters. The monoisotopic (exact) mass is 404 g/mol.